The number of hydrogen-bond donors (Lipinski definition) is 1. The maximum atomic E-state index is 12.2. The lowest BCUT2D eigenvalue weighted by molar-refractivity contribution is -0.116. The number of halogens is 2. The molecule has 0 atom stereocenters. The van der Waals surface area contributed by atoms with Crippen molar-refractivity contribution in [1.82, 2.24) is 4.57 Å². The molecule has 1 heterocycles. The van der Waals surface area contributed by atoms with Gasteiger partial charge in [-0.2, -0.15) is 0 Å². The number of carbonyl (C=O) groups excluding carboxylic acids is 1. The Morgan fingerprint density at radius 2 is 1.96 bits per heavy atom. The third kappa shape index (κ3) is 4.27. The Balaban J connectivity index is 2.21. The number of methoxy groups -OCH3 is 2. The highest BCUT2D eigenvalue weighted by atomic mass is 79.9. The van der Waals surface area contributed by atoms with E-state index in [1.165, 1.54) is 30.9 Å². The Hall–Kier alpha value is -1.99. The third-order valence-electron chi connectivity index (χ3n) is 3.01. The van der Waals surface area contributed by atoms with Gasteiger partial charge in [0.15, 0.2) is 0 Å². The predicted octanol–water partition coefficient (Wildman–Crippen LogP) is 2.92. The molecule has 6 nitrogen and oxygen atoms in total. The van der Waals surface area contributed by atoms with Crippen LogP contribution in [0.2, 0.25) is 5.02 Å². The van der Waals surface area contributed by atoms with E-state index in [0.717, 1.165) is 0 Å². The largest absolute Gasteiger partial charge is 0.495 e. The molecule has 0 saturated heterocycles. The normalized spacial score (nSPS) is 10.3. The Bertz CT molecular complexity index is 792. The number of carbonyl (C=O) groups is 1. The molecule has 0 fully saturated rings. The van der Waals surface area contributed by atoms with Crippen LogP contribution in [-0.4, -0.2) is 24.7 Å². The molecule has 0 aliphatic carbocycles. The first-order valence-electron chi connectivity index (χ1n) is 6.52. The summed E-state index contributed by atoms with van der Waals surface area (Å²) >= 11 is 9.31. The van der Waals surface area contributed by atoms with Crippen LogP contribution in [0.3, 0.4) is 0 Å². The van der Waals surface area contributed by atoms with Crippen molar-refractivity contribution in [3.05, 3.63) is 50.3 Å². The minimum absolute atomic E-state index is 0.134. The molecule has 122 valence electrons. The first-order valence-corrected chi connectivity index (χ1v) is 7.69. The van der Waals surface area contributed by atoms with Gasteiger partial charge in [0, 0.05) is 22.8 Å². The van der Waals surface area contributed by atoms with Crippen molar-refractivity contribution in [3.8, 4) is 11.5 Å². The summed E-state index contributed by atoms with van der Waals surface area (Å²) in [7, 11) is 2.95. The molecule has 0 radical (unpaired) electrons. The minimum atomic E-state index is -0.385. The van der Waals surface area contributed by atoms with E-state index in [4.69, 9.17) is 21.1 Å². The van der Waals surface area contributed by atoms with Gasteiger partial charge in [0.1, 0.15) is 18.0 Å². The molecule has 2 aromatic rings. The molecule has 0 spiro atoms. The number of nitrogens with zero attached hydrogens (tertiary/aromatic N) is 1. The van der Waals surface area contributed by atoms with E-state index in [0.29, 0.717) is 26.7 Å². The van der Waals surface area contributed by atoms with Gasteiger partial charge in [-0.1, -0.05) is 11.6 Å². The number of nitrogens with one attached hydrogen (secondary N) is 1. The number of amides is 1. The second-order valence-electron chi connectivity index (χ2n) is 4.55. The Morgan fingerprint density at radius 1 is 1.26 bits per heavy atom. The molecule has 1 N–H and O–H groups in total. The fraction of sp³-hybridized carbons (Fsp3) is 0.200. The van der Waals surface area contributed by atoms with E-state index >= 15 is 0 Å². The van der Waals surface area contributed by atoms with Crippen molar-refractivity contribution in [2.45, 2.75) is 6.54 Å². The topological polar surface area (TPSA) is 69.6 Å². The van der Waals surface area contributed by atoms with E-state index in [9.17, 15) is 9.59 Å². The molecule has 2 rings (SSSR count). The van der Waals surface area contributed by atoms with Crippen molar-refractivity contribution in [1.29, 1.82) is 0 Å². The first-order chi connectivity index (χ1) is 10.9. The lowest BCUT2D eigenvalue weighted by atomic mass is 10.2. The quantitative estimate of drug-likeness (QED) is 0.836. The SMILES string of the molecule is COc1cc(OC)c(NC(=O)Cn2cc(Br)ccc2=O)cc1Cl. The molecule has 1 aromatic heterocycles. The first kappa shape index (κ1) is 17.4. The molecule has 0 aliphatic rings. The second-order valence-corrected chi connectivity index (χ2v) is 5.87. The van der Waals surface area contributed by atoms with Crippen LogP contribution in [0, 0.1) is 0 Å². The zero-order valence-corrected chi connectivity index (χ0v) is 14.8. The number of benzene rings is 1. The average molecular weight is 402 g/mol. The zero-order chi connectivity index (χ0) is 17.0. The van der Waals surface area contributed by atoms with Crippen molar-refractivity contribution in [2.24, 2.45) is 0 Å². The monoisotopic (exact) mass is 400 g/mol. The molecule has 0 bridgehead atoms. The Kier molecular flexibility index (Phi) is 5.68. The van der Waals surface area contributed by atoms with Crippen molar-refractivity contribution < 1.29 is 14.3 Å². The number of hydrogen-bond acceptors (Lipinski definition) is 4. The van der Waals surface area contributed by atoms with Crippen LogP contribution in [0.5, 0.6) is 11.5 Å². The van der Waals surface area contributed by atoms with Gasteiger partial charge in [-0.3, -0.25) is 9.59 Å². The number of ether oxygens (including phenoxy) is 2. The van der Waals surface area contributed by atoms with Gasteiger partial charge in [0.05, 0.1) is 24.9 Å². The summed E-state index contributed by atoms with van der Waals surface area (Å²) in [5, 5.41) is 3.01. The highest BCUT2D eigenvalue weighted by Gasteiger charge is 2.13. The minimum Gasteiger partial charge on any atom is -0.495 e. The van der Waals surface area contributed by atoms with Crippen LogP contribution in [0.1, 0.15) is 0 Å². The predicted molar refractivity (Wildman–Crippen MR) is 91.6 cm³/mol. The second kappa shape index (κ2) is 7.52. The number of aromatic nitrogens is 1. The maximum Gasteiger partial charge on any atom is 0.251 e. The van der Waals surface area contributed by atoms with Crippen molar-refractivity contribution in [3.63, 3.8) is 0 Å². The Labute approximate surface area is 146 Å². The highest BCUT2D eigenvalue weighted by molar-refractivity contribution is 9.10. The molecule has 23 heavy (non-hydrogen) atoms. The van der Waals surface area contributed by atoms with Gasteiger partial charge in [0.2, 0.25) is 5.91 Å². The van der Waals surface area contributed by atoms with Crippen LogP contribution < -0.4 is 20.3 Å². The molecule has 1 aromatic carbocycles. The highest BCUT2D eigenvalue weighted by Crippen LogP contribution is 2.35. The van der Waals surface area contributed by atoms with E-state index in [-0.39, 0.29) is 18.0 Å². The van der Waals surface area contributed by atoms with Gasteiger partial charge in [-0.05, 0) is 28.1 Å². The van der Waals surface area contributed by atoms with Gasteiger partial charge >= 0.3 is 0 Å². The summed E-state index contributed by atoms with van der Waals surface area (Å²) in [5.41, 5.74) is 0.120. The van der Waals surface area contributed by atoms with Crippen LogP contribution in [0.25, 0.3) is 0 Å². The van der Waals surface area contributed by atoms with E-state index in [1.807, 2.05) is 0 Å². The molecular formula is C15H14BrClN2O4. The zero-order valence-electron chi connectivity index (χ0n) is 12.4. The smallest absolute Gasteiger partial charge is 0.251 e. The number of rotatable bonds is 5. The van der Waals surface area contributed by atoms with Crippen molar-refractivity contribution >= 4 is 39.1 Å². The average Bonchev–Trinajstić information content (AvgIpc) is 2.51. The summed E-state index contributed by atoms with van der Waals surface area (Å²) < 4.78 is 12.3. The summed E-state index contributed by atoms with van der Waals surface area (Å²) in [6, 6.07) is 6.09. The van der Waals surface area contributed by atoms with E-state index in [1.54, 1.807) is 18.3 Å². The standard InChI is InChI=1S/C15H14BrClN2O4/c1-22-12-6-13(23-2)11(5-10(12)17)18-14(20)8-19-7-9(16)3-4-15(19)21/h3-7H,8H2,1-2H3,(H,18,20). The molecule has 0 saturated carbocycles. The number of pyridine rings is 1. The third-order valence-corrected chi connectivity index (χ3v) is 3.77. The van der Waals surface area contributed by atoms with Gasteiger partial charge in [-0.25, -0.2) is 0 Å². The fourth-order valence-corrected chi connectivity index (χ4v) is 2.55. The van der Waals surface area contributed by atoms with Crippen molar-refractivity contribution in [2.75, 3.05) is 19.5 Å². The van der Waals surface area contributed by atoms with E-state index in [2.05, 4.69) is 21.2 Å². The van der Waals surface area contributed by atoms with Crippen LogP contribution >= 0.6 is 27.5 Å². The fourth-order valence-electron chi connectivity index (χ4n) is 1.93. The van der Waals surface area contributed by atoms with Crippen LogP contribution in [-0.2, 0) is 11.3 Å². The lowest BCUT2D eigenvalue weighted by Crippen LogP contribution is -2.26. The summed E-state index contributed by atoms with van der Waals surface area (Å²) in [6.07, 6.45) is 1.54. The van der Waals surface area contributed by atoms with E-state index < -0.39 is 0 Å². The molecule has 1 amide bonds. The van der Waals surface area contributed by atoms with Crippen LogP contribution in [0.15, 0.2) is 39.7 Å². The van der Waals surface area contributed by atoms with Gasteiger partial charge in [0.25, 0.3) is 5.56 Å². The molecule has 0 aliphatic heterocycles. The van der Waals surface area contributed by atoms with Gasteiger partial charge in [-0.15, -0.1) is 0 Å². The molecule has 0 unspecified atom stereocenters. The molecular weight excluding hydrogens is 388 g/mol. The summed E-state index contributed by atoms with van der Waals surface area (Å²) in [6.45, 7) is -0.134. The summed E-state index contributed by atoms with van der Waals surface area (Å²) in [5.74, 6) is 0.454. The number of anilines is 1. The summed E-state index contributed by atoms with van der Waals surface area (Å²) in [4.78, 5) is 23.9. The molecule has 8 heteroatoms. The van der Waals surface area contributed by atoms with Gasteiger partial charge < -0.3 is 19.4 Å². The Morgan fingerprint density at radius 3 is 2.61 bits per heavy atom. The van der Waals surface area contributed by atoms with Crippen LogP contribution in [0.4, 0.5) is 5.69 Å². The lowest BCUT2D eigenvalue weighted by Gasteiger charge is -2.13. The maximum absolute atomic E-state index is 12.2.